The van der Waals surface area contributed by atoms with Crippen LogP contribution in [-0.4, -0.2) is 20.6 Å². The normalized spacial score (nSPS) is 16.6. The van der Waals surface area contributed by atoms with Gasteiger partial charge in [-0.25, -0.2) is 14.2 Å². The van der Waals surface area contributed by atoms with Crippen LogP contribution < -0.4 is 10.9 Å². The van der Waals surface area contributed by atoms with Gasteiger partial charge in [0.25, 0.3) is 5.56 Å². The second kappa shape index (κ2) is 6.16. The number of allylic oxidation sites excluding steroid dienone is 1. The minimum atomic E-state index is -1.21. The van der Waals surface area contributed by atoms with Crippen molar-refractivity contribution >= 4 is 11.8 Å². The maximum Gasteiger partial charge on any atom is 0.334 e. The van der Waals surface area contributed by atoms with Gasteiger partial charge in [-0.2, -0.15) is 0 Å². The molecule has 1 aliphatic rings. The van der Waals surface area contributed by atoms with E-state index in [0.717, 1.165) is 0 Å². The van der Waals surface area contributed by atoms with Crippen molar-refractivity contribution < 1.29 is 14.3 Å². The molecular weight excluding hydrogens is 325 g/mol. The highest BCUT2D eigenvalue weighted by Gasteiger charge is 2.37. The highest BCUT2D eigenvalue weighted by Crippen LogP contribution is 2.40. The summed E-state index contributed by atoms with van der Waals surface area (Å²) in [5, 5.41) is 12.5. The number of aliphatic carboxylic acids is 1. The molecule has 2 aromatic rings. The molecule has 2 heterocycles. The number of fused-ring (bicyclic) bond motifs is 1. The number of rotatable bonds is 3. The number of anilines is 1. The Morgan fingerprint density at radius 3 is 2.64 bits per heavy atom. The van der Waals surface area contributed by atoms with Crippen molar-refractivity contribution in [3.8, 4) is 0 Å². The monoisotopic (exact) mass is 343 g/mol. The van der Waals surface area contributed by atoms with Gasteiger partial charge in [0.1, 0.15) is 18.0 Å². The summed E-state index contributed by atoms with van der Waals surface area (Å²) < 4.78 is 15.9. The summed E-state index contributed by atoms with van der Waals surface area (Å²) in [7, 11) is 0. The fraction of sp³-hybridized carbons (Fsp3) is 0.278. The van der Waals surface area contributed by atoms with E-state index in [4.69, 9.17) is 0 Å². The Kier molecular flexibility index (Phi) is 4.16. The second-order valence-corrected chi connectivity index (χ2v) is 6.24. The molecule has 2 N–H and O–H groups in total. The lowest BCUT2D eigenvalue weighted by molar-refractivity contribution is -0.133. The van der Waals surface area contributed by atoms with Crippen molar-refractivity contribution in [1.29, 1.82) is 0 Å². The van der Waals surface area contributed by atoms with Crippen LogP contribution in [0.25, 0.3) is 0 Å². The van der Waals surface area contributed by atoms with E-state index >= 15 is 0 Å². The van der Waals surface area contributed by atoms with Gasteiger partial charge in [-0.1, -0.05) is 18.2 Å². The molecule has 0 radical (unpaired) electrons. The summed E-state index contributed by atoms with van der Waals surface area (Å²) in [6, 6.07) is 5.73. The molecule has 1 atom stereocenters. The molecule has 1 unspecified atom stereocenters. The largest absolute Gasteiger partial charge is 0.478 e. The number of aromatic nitrogens is 2. The number of carbonyl (C=O) groups is 1. The molecule has 1 aromatic carbocycles. The third-order valence-electron chi connectivity index (χ3n) is 4.32. The van der Waals surface area contributed by atoms with Crippen LogP contribution >= 0.6 is 0 Å². The SMILES string of the molecule is CC1=C(C(=O)O)C(c2ccccc2F)c2c(ncn(C(C)C)c2=O)N1. The quantitative estimate of drug-likeness (QED) is 0.895. The van der Waals surface area contributed by atoms with E-state index in [-0.39, 0.29) is 34.1 Å². The Labute approximate surface area is 143 Å². The summed E-state index contributed by atoms with van der Waals surface area (Å²) in [6.45, 7) is 5.22. The summed E-state index contributed by atoms with van der Waals surface area (Å²) >= 11 is 0. The van der Waals surface area contributed by atoms with Crippen LogP contribution in [0.4, 0.5) is 10.2 Å². The number of halogens is 1. The number of hydrogen-bond donors (Lipinski definition) is 2. The lowest BCUT2D eigenvalue weighted by atomic mass is 9.82. The Bertz CT molecular complexity index is 947. The number of carboxylic acids is 1. The number of nitrogens with one attached hydrogen (secondary N) is 1. The Balaban J connectivity index is 2.37. The predicted octanol–water partition coefficient (Wildman–Crippen LogP) is 2.88. The topological polar surface area (TPSA) is 84.2 Å². The van der Waals surface area contributed by atoms with Gasteiger partial charge in [0.05, 0.1) is 17.1 Å². The highest BCUT2D eigenvalue weighted by atomic mass is 19.1. The zero-order chi connectivity index (χ0) is 18.3. The average molecular weight is 343 g/mol. The van der Waals surface area contributed by atoms with E-state index < -0.39 is 17.7 Å². The molecule has 7 heteroatoms. The molecule has 6 nitrogen and oxygen atoms in total. The lowest BCUT2D eigenvalue weighted by Crippen LogP contribution is -2.34. The van der Waals surface area contributed by atoms with Crippen LogP contribution in [0.2, 0.25) is 0 Å². The van der Waals surface area contributed by atoms with E-state index in [1.54, 1.807) is 13.0 Å². The predicted molar refractivity (Wildman–Crippen MR) is 91.1 cm³/mol. The molecule has 1 aliphatic heterocycles. The fourth-order valence-electron chi connectivity index (χ4n) is 3.12. The summed E-state index contributed by atoms with van der Waals surface area (Å²) in [4.78, 5) is 29.1. The number of nitrogens with zero attached hydrogens (tertiary/aromatic N) is 2. The van der Waals surface area contributed by atoms with Crippen LogP contribution in [0.3, 0.4) is 0 Å². The molecule has 1 aromatic heterocycles. The summed E-state index contributed by atoms with van der Waals surface area (Å²) in [6.07, 6.45) is 1.41. The third kappa shape index (κ3) is 2.71. The fourth-order valence-corrected chi connectivity index (χ4v) is 3.12. The van der Waals surface area contributed by atoms with Crippen LogP contribution in [0, 0.1) is 5.82 Å². The van der Waals surface area contributed by atoms with Crippen molar-refractivity contribution in [2.24, 2.45) is 0 Å². The Morgan fingerprint density at radius 2 is 2.04 bits per heavy atom. The molecule has 25 heavy (non-hydrogen) atoms. The summed E-state index contributed by atoms with van der Waals surface area (Å²) in [5.74, 6) is -2.53. The van der Waals surface area contributed by atoms with Crippen molar-refractivity contribution in [1.82, 2.24) is 9.55 Å². The first-order valence-corrected chi connectivity index (χ1v) is 7.89. The first-order chi connectivity index (χ1) is 11.8. The lowest BCUT2D eigenvalue weighted by Gasteiger charge is -2.28. The minimum Gasteiger partial charge on any atom is -0.478 e. The maximum absolute atomic E-state index is 14.5. The van der Waals surface area contributed by atoms with Crippen molar-refractivity contribution in [3.63, 3.8) is 0 Å². The molecule has 3 rings (SSSR count). The molecule has 0 saturated carbocycles. The molecule has 0 saturated heterocycles. The van der Waals surface area contributed by atoms with E-state index in [0.29, 0.717) is 5.70 Å². The standard InChI is InChI=1S/C18H18FN3O3/c1-9(2)22-8-20-16-15(17(22)23)14(11-6-4-5-7-12(11)19)13(18(24)25)10(3)21-16/h4-9,14,21H,1-3H3,(H,24,25). The van der Waals surface area contributed by atoms with Gasteiger partial charge >= 0.3 is 5.97 Å². The van der Waals surface area contributed by atoms with Gasteiger partial charge in [-0.15, -0.1) is 0 Å². The number of hydrogen-bond acceptors (Lipinski definition) is 4. The number of carboxylic acid groups (broad SMARTS) is 1. The molecule has 130 valence electrons. The third-order valence-corrected chi connectivity index (χ3v) is 4.32. The van der Waals surface area contributed by atoms with E-state index in [1.807, 2.05) is 13.8 Å². The molecule has 0 aliphatic carbocycles. The first-order valence-electron chi connectivity index (χ1n) is 7.89. The van der Waals surface area contributed by atoms with Crippen LogP contribution in [0.5, 0.6) is 0 Å². The van der Waals surface area contributed by atoms with E-state index in [1.165, 1.54) is 29.1 Å². The average Bonchev–Trinajstić information content (AvgIpc) is 2.53. The first kappa shape index (κ1) is 16.9. The molecule has 0 fully saturated rings. The van der Waals surface area contributed by atoms with Gasteiger partial charge in [-0.3, -0.25) is 9.36 Å². The van der Waals surface area contributed by atoms with E-state index in [9.17, 15) is 19.1 Å². The smallest absolute Gasteiger partial charge is 0.334 e. The molecular formula is C18H18FN3O3. The van der Waals surface area contributed by atoms with Crippen molar-refractivity contribution in [2.45, 2.75) is 32.7 Å². The zero-order valence-corrected chi connectivity index (χ0v) is 14.1. The van der Waals surface area contributed by atoms with Gasteiger partial charge in [-0.05, 0) is 26.8 Å². The Hall–Kier alpha value is -2.96. The van der Waals surface area contributed by atoms with Crippen LogP contribution in [0.15, 0.2) is 46.7 Å². The van der Waals surface area contributed by atoms with Gasteiger partial charge in [0.15, 0.2) is 0 Å². The number of benzene rings is 1. The highest BCUT2D eigenvalue weighted by molar-refractivity contribution is 5.92. The molecule has 0 amide bonds. The van der Waals surface area contributed by atoms with Gasteiger partial charge in [0.2, 0.25) is 0 Å². The second-order valence-electron chi connectivity index (χ2n) is 6.24. The Morgan fingerprint density at radius 1 is 1.36 bits per heavy atom. The van der Waals surface area contributed by atoms with Crippen LogP contribution in [0.1, 0.15) is 43.9 Å². The van der Waals surface area contributed by atoms with Crippen molar-refractivity contribution in [2.75, 3.05) is 5.32 Å². The zero-order valence-electron chi connectivity index (χ0n) is 14.1. The minimum absolute atomic E-state index is 0.0574. The molecule has 0 bridgehead atoms. The summed E-state index contributed by atoms with van der Waals surface area (Å²) in [5.41, 5.74) is 0.180. The van der Waals surface area contributed by atoms with E-state index in [2.05, 4.69) is 10.3 Å². The van der Waals surface area contributed by atoms with Crippen LogP contribution in [-0.2, 0) is 4.79 Å². The molecule has 0 spiro atoms. The van der Waals surface area contributed by atoms with Gasteiger partial charge < -0.3 is 10.4 Å². The van der Waals surface area contributed by atoms with Gasteiger partial charge in [0, 0.05) is 17.3 Å². The maximum atomic E-state index is 14.5. The van der Waals surface area contributed by atoms with Crippen molar-refractivity contribution in [3.05, 3.63) is 69.2 Å².